The quantitative estimate of drug-likeness (QED) is 0.205. The van der Waals surface area contributed by atoms with E-state index in [4.69, 9.17) is 4.43 Å². The Labute approximate surface area is 146 Å². The number of carbonyl (C=O) groups is 1. The Morgan fingerprint density at radius 1 is 0.870 bits per heavy atom. The Morgan fingerprint density at radius 3 is 1.74 bits per heavy atom. The van der Waals surface area contributed by atoms with Gasteiger partial charge in [0.25, 0.3) is 14.3 Å². The van der Waals surface area contributed by atoms with Crippen molar-refractivity contribution in [2.75, 3.05) is 0 Å². The largest absolute Gasteiger partial charge is 0.518 e. The van der Waals surface area contributed by atoms with Gasteiger partial charge in [-0.25, -0.2) is 0 Å². The van der Waals surface area contributed by atoms with E-state index >= 15 is 0 Å². The molecule has 0 saturated heterocycles. The molecule has 0 radical (unpaired) electrons. The monoisotopic (exact) mass is 340 g/mol. The number of carbonyl (C=O) groups excluding carboxylic acids is 1. The molecular weight excluding hydrogens is 300 g/mol. The van der Waals surface area contributed by atoms with Gasteiger partial charge in [0.2, 0.25) is 0 Å². The first-order valence-electron chi connectivity index (χ1n) is 9.61. The number of hydrogen-bond donors (Lipinski definition) is 0. The van der Waals surface area contributed by atoms with Crippen LogP contribution in [0.2, 0.25) is 16.6 Å². The van der Waals surface area contributed by atoms with Gasteiger partial charge < -0.3 is 4.43 Å². The molecule has 0 saturated carbocycles. The van der Waals surface area contributed by atoms with Crippen LogP contribution in [0.1, 0.15) is 92.9 Å². The first-order valence-corrected chi connectivity index (χ1v) is 11.8. The predicted molar refractivity (Wildman–Crippen MR) is 104 cm³/mol. The van der Waals surface area contributed by atoms with Crippen molar-refractivity contribution in [2.24, 2.45) is 0 Å². The highest BCUT2D eigenvalue weighted by Crippen LogP contribution is 2.42. The van der Waals surface area contributed by atoms with Crippen molar-refractivity contribution >= 4 is 14.3 Å². The van der Waals surface area contributed by atoms with Crippen molar-refractivity contribution in [3.05, 3.63) is 12.7 Å². The fourth-order valence-corrected chi connectivity index (χ4v) is 9.07. The van der Waals surface area contributed by atoms with E-state index in [-0.39, 0.29) is 5.97 Å². The lowest BCUT2D eigenvalue weighted by molar-refractivity contribution is -0.135. The number of allylic oxidation sites excluding steroid dienone is 1. The summed E-state index contributed by atoms with van der Waals surface area (Å²) in [7, 11) is -2.04. The summed E-state index contributed by atoms with van der Waals surface area (Å²) in [5, 5.41) is 0. The van der Waals surface area contributed by atoms with Gasteiger partial charge in [-0.3, -0.25) is 4.79 Å². The number of hydrogen-bond acceptors (Lipinski definition) is 2. The van der Waals surface area contributed by atoms with E-state index in [9.17, 15) is 4.79 Å². The van der Waals surface area contributed by atoms with Crippen LogP contribution in [0.5, 0.6) is 0 Å². The van der Waals surface area contributed by atoms with Gasteiger partial charge in [0, 0.05) is 6.42 Å². The average Bonchev–Trinajstić information content (AvgIpc) is 2.46. The van der Waals surface area contributed by atoms with Crippen LogP contribution >= 0.6 is 0 Å². The van der Waals surface area contributed by atoms with Crippen molar-refractivity contribution in [1.82, 2.24) is 0 Å². The molecule has 0 unspecified atom stereocenters. The maximum atomic E-state index is 12.3. The molecule has 136 valence electrons. The highest BCUT2D eigenvalue weighted by Gasteiger charge is 2.47. The van der Waals surface area contributed by atoms with Crippen LogP contribution in [-0.4, -0.2) is 14.3 Å². The summed E-state index contributed by atoms with van der Waals surface area (Å²) in [4.78, 5) is 12.3. The van der Waals surface area contributed by atoms with Crippen molar-refractivity contribution in [3.8, 4) is 0 Å². The van der Waals surface area contributed by atoms with Gasteiger partial charge in [-0.2, -0.15) is 0 Å². The fraction of sp³-hybridized carbons (Fsp3) is 0.850. The standard InChI is InChI=1S/C20H40O2Si/c1-8-9-10-11-12-13-14-15-16-20(21)22-23(17(2)3,18(4)5)19(6)7/h8,17-19H,1,9-16H2,2-7H3. The molecule has 23 heavy (non-hydrogen) atoms. The molecule has 0 aliphatic rings. The lowest BCUT2D eigenvalue weighted by atomic mass is 10.1. The molecule has 2 nitrogen and oxygen atoms in total. The summed E-state index contributed by atoms with van der Waals surface area (Å²) < 4.78 is 6.17. The van der Waals surface area contributed by atoms with E-state index in [1.165, 1.54) is 25.7 Å². The Balaban J connectivity index is 4.18. The first-order chi connectivity index (χ1) is 10.8. The van der Waals surface area contributed by atoms with Crippen LogP contribution in [0, 0.1) is 0 Å². The molecule has 0 amide bonds. The van der Waals surface area contributed by atoms with E-state index in [1.54, 1.807) is 0 Å². The van der Waals surface area contributed by atoms with Crippen molar-refractivity contribution in [2.45, 2.75) is 110 Å². The maximum Gasteiger partial charge on any atom is 0.292 e. The molecule has 0 aliphatic heterocycles. The minimum atomic E-state index is -2.04. The van der Waals surface area contributed by atoms with Crippen LogP contribution in [0.15, 0.2) is 12.7 Å². The summed E-state index contributed by atoms with van der Waals surface area (Å²) in [5.41, 5.74) is 1.41. The van der Waals surface area contributed by atoms with Crippen molar-refractivity contribution in [3.63, 3.8) is 0 Å². The molecule has 0 spiro atoms. The molecule has 3 heteroatoms. The molecule has 0 aromatic carbocycles. The summed E-state index contributed by atoms with van der Waals surface area (Å²) in [6.07, 6.45) is 10.8. The number of unbranched alkanes of at least 4 members (excludes halogenated alkanes) is 6. The molecule has 0 aliphatic carbocycles. The van der Waals surface area contributed by atoms with Gasteiger partial charge in [0.05, 0.1) is 0 Å². The normalized spacial score (nSPS) is 12.2. The van der Waals surface area contributed by atoms with Crippen LogP contribution in [-0.2, 0) is 9.22 Å². The predicted octanol–water partition coefficient (Wildman–Crippen LogP) is 7.01. The smallest absolute Gasteiger partial charge is 0.292 e. The first kappa shape index (κ1) is 22.4. The van der Waals surface area contributed by atoms with Crippen molar-refractivity contribution in [1.29, 1.82) is 0 Å². The van der Waals surface area contributed by atoms with Gasteiger partial charge in [-0.05, 0) is 35.9 Å². The van der Waals surface area contributed by atoms with Crippen LogP contribution in [0.25, 0.3) is 0 Å². The molecule has 0 N–H and O–H groups in total. The van der Waals surface area contributed by atoms with Crippen LogP contribution in [0.3, 0.4) is 0 Å². The third kappa shape index (κ3) is 7.69. The molecule has 0 bridgehead atoms. The van der Waals surface area contributed by atoms with Gasteiger partial charge in [-0.1, -0.05) is 73.3 Å². The summed E-state index contributed by atoms with van der Waals surface area (Å²) in [5.74, 6) is 0.0411. The minimum absolute atomic E-state index is 0.0411. The molecule has 0 atom stereocenters. The van der Waals surface area contributed by atoms with E-state index in [0.29, 0.717) is 23.0 Å². The lowest BCUT2D eigenvalue weighted by Gasteiger charge is -2.41. The molecule has 0 rings (SSSR count). The zero-order valence-electron chi connectivity index (χ0n) is 16.5. The summed E-state index contributed by atoms with van der Waals surface area (Å²) >= 11 is 0. The molecule has 0 heterocycles. The van der Waals surface area contributed by atoms with Gasteiger partial charge in [-0.15, -0.1) is 6.58 Å². The van der Waals surface area contributed by atoms with Gasteiger partial charge in [0.15, 0.2) is 0 Å². The van der Waals surface area contributed by atoms with Gasteiger partial charge >= 0.3 is 0 Å². The van der Waals surface area contributed by atoms with Gasteiger partial charge in [0.1, 0.15) is 0 Å². The third-order valence-electron chi connectivity index (χ3n) is 5.04. The van der Waals surface area contributed by atoms with E-state index in [0.717, 1.165) is 19.3 Å². The topological polar surface area (TPSA) is 26.3 Å². The van der Waals surface area contributed by atoms with Crippen LogP contribution in [0.4, 0.5) is 0 Å². The Bertz CT molecular complexity index is 313. The third-order valence-corrected chi connectivity index (χ3v) is 11.0. The number of rotatable bonds is 13. The molecule has 0 fully saturated rings. The van der Waals surface area contributed by atoms with E-state index in [1.807, 2.05) is 6.08 Å². The zero-order chi connectivity index (χ0) is 17.9. The highest BCUT2D eigenvalue weighted by molar-refractivity contribution is 6.78. The van der Waals surface area contributed by atoms with E-state index in [2.05, 4.69) is 48.1 Å². The SMILES string of the molecule is C=CCCCCCCCCC(=O)O[Si](C(C)C)(C(C)C)C(C)C. The second-order valence-corrected chi connectivity index (χ2v) is 13.1. The van der Waals surface area contributed by atoms with E-state index < -0.39 is 8.32 Å². The Morgan fingerprint density at radius 2 is 1.30 bits per heavy atom. The molecule has 0 aromatic rings. The van der Waals surface area contributed by atoms with Crippen LogP contribution < -0.4 is 0 Å². The second kappa shape index (κ2) is 11.9. The summed E-state index contributed by atoms with van der Waals surface area (Å²) in [6, 6.07) is 0. The maximum absolute atomic E-state index is 12.3. The summed E-state index contributed by atoms with van der Waals surface area (Å²) in [6.45, 7) is 17.1. The zero-order valence-corrected chi connectivity index (χ0v) is 17.5. The highest BCUT2D eigenvalue weighted by atomic mass is 28.4. The lowest BCUT2D eigenvalue weighted by Crippen LogP contribution is -2.49. The molecular formula is C20H40O2Si. The van der Waals surface area contributed by atoms with Crippen molar-refractivity contribution < 1.29 is 9.22 Å². The Hall–Kier alpha value is -0.573. The second-order valence-electron chi connectivity index (χ2n) is 7.74. The average molecular weight is 341 g/mol. The Kier molecular flexibility index (Phi) is 11.6. The fourth-order valence-electron chi connectivity index (χ4n) is 3.87. The minimum Gasteiger partial charge on any atom is -0.518 e. The molecule has 0 aromatic heterocycles.